The van der Waals surface area contributed by atoms with Crippen LogP contribution in [0.25, 0.3) is 0 Å². The zero-order chi connectivity index (χ0) is 14.4. The minimum atomic E-state index is -0.219. The number of halogens is 1. The Morgan fingerprint density at radius 3 is 2.35 bits per heavy atom. The van der Waals surface area contributed by atoms with Crippen LogP contribution in [0.5, 0.6) is 0 Å². The first-order valence-electron chi connectivity index (χ1n) is 7.91. The van der Waals surface area contributed by atoms with Gasteiger partial charge in [-0.3, -0.25) is 0 Å². The van der Waals surface area contributed by atoms with E-state index in [0.29, 0.717) is 5.56 Å². The molecule has 0 heterocycles. The van der Waals surface area contributed by atoms with E-state index >= 15 is 0 Å². The molecule has 0 aromatic heterocycles. The van der Waals surface area contributed by atoms with E-state index in [9.17, 15) is 4.39 Å². The molecule has 1 aliphatic carbocycles. The molecule has 0 N–H and O–H groups in total. The third-order valence-corrected chi connectivity index (χ3v) is 4.67. The minimum absolute atomic E-state index is 0.219. The van der Waals surface area contributed by atoms with Crippen LogP contribution < -0.4 is 0 Å². The molecular formula is C18H24FN. The van der Waals surface area contributed by atoms with E-state index in [4.69, 9.17) is 5.26 Å². The van der Waals surface area contributed by atoms with Crippen LogP contribution in [0.1, 0.15) is 63.0 Å². The van der Waals surface area contributed by atoms with Crippen LogP contribution in [0.2, 0.25) is 0 Å². The topological polar surface area (TPSA) is 23.8 Å². The SMILES string of the molecule is CCCC1CCC(CCc2ccc(C#N)cc2F)CC1. The lowest BCUT2D eigenvalue weighted by Gasteiger charge is -2.28. The summed E-state index contributed by atoms with van der Waals surface area (Å²) in [7, 11) is 0. The van der Waals surface area contributed by atoms with Crippen molar-refractivity contribution < 1.29 is 4.39 Å². The lowest BCUT2D eigenvalue weighted by Crippen LogP contribution is -2.15. The summed E-state index contributed by atoms with van der Waals surface area (Å²) in [5, 5.41) is 8.74. The lowest BCUT2D eigenvalue weighted by atomic mass is 9.78. The van der Waals surface area contributed by atoms with Gasteiger partial charge in [0, 0.05) is 0 Å². The molecule has 1 aliphatic rings. The van der Waals surface area contributed by atoms with Crippen LogP contribution in [-0.2, 0) is 6.42 Å². The second kappa shape index (κ2) is 7.43. The average Bonchev–Trinajstić information content (AvgIpc) is 2.48. The standard InChI is InChI=1S/C18H24FN/c1-2-3-14-4-6-15(7-5-14)8-10-17-11-9-16(13-20)12-18(17)19/h9,11-12,14-15H,2-8,10H2,1H3. The predicted octanol–water partition coefficient (Wildman–Crippen LogP) is 5.24. The number of aryl methyl sites for hydroxylation is 1. The maximum absolute atomic E-state index is 13.8. The Bertz CT molecular complexity index is 467. The summed E-state index contributed by atoms with van der Waals surface area (Å²) < 4.78 is 13.8. The molecule has 1 saturated carbocycles. The molecule has 108 valence electrons. The molecule has 20 heavy (non-hydrogen) atoms. The van der Waals surface area contributed by atoms with Crippen molar-refractivity contribution in [3.63, 3.8) is 0 Å². The quantitative estimate of drug-likeness (QED) is 0.720. The molecule has 0 bridgehead atoms. The summed E-state index contributed by atoms with van der Waals surface area (Å²) in [4.78, 5) is 0. The third kappa shape index (κ3) is 4.07. The van der Waals surface area contributed by atoms with E-state index in [-0.39, 0.29) is 5.82 Å². The Morgan fingerprint density at radius 1 is 1.15 bits per heavy atom. The first-order valence-corrected chi connectivity index (χ1v) is 7.91. The summed E-state index contributed by atoms with van der Waals surface area (Å²) in [6.45, 7) is 2.26. The molecule has 2 rings (SSSR count). The fraction of sp³-hybridized carbons (Fsp3) is 0.611. The summed E-state index contributed by atoms with van der Waals surface area (Å²) in [5.41, 5.74) is 1.17. The van der Waals surface area contributed by atoms with Crippen molar-refractivity contribution in [2.45, 2.75) is 58.3 Å². The molecule has 1 nitrogen and oxygen atoms in total. The highest BCUT2D eigenvalue weighted by Gasteiger charge is 2.20. The average molecular weight is 273 g/mol. The second-order valence-electron chi connectivity index (χ2n) is 6.13. The number of benzene rings is 1. The van der Waals surface area contributed by atoms with Gasteiger partial charge < -0.3 is 0 Å². The fourth-order valence-electron chi connectivity index (χ4n) is 3.40. The van der Waals surface area contributed by atoms with Crippen LogP contribution in [0.3, 0.4) is 0 Å². The molecule has 1 aromatic rings. The molecule has 0 saturated heterocycles. The molecule has 0 spiro atoms. The molecule has 1 aromatic carbocycles. The molecule has 2 heteroatoms. The van der Waals surface area contributed by atoms with Gasteiger partial charge in [0.15, 0.2) is 0 Å². The van der Waals surface area contributed by atoms with Crippen LogP contribution in [0.4, 0.5) is 4.39 Å². The molecular weight excluding hydrogens is 249 g/mol. The summed E-state index contributed by atoms with van der Waals surface area (Å²) in [5.74, 6) is 1.48. The third-order valence-electron chi connectivity index (χ3n) is 4.67. The highest BCUT2D eigenvalue weighted by molar-refractivity contribution is 5.32. The van der Waals surface area contributed by atoms with E-state index in [1.54, 1.807) is 12.1 Å². The van der Waals surface area contributed by atoms with Gasteiger partial charge in [-0.1, -0.05) is 51.5 Å². The van der Waals surface area contributed by atoms with E-state index in [1.807, 2.05) is 6.07 Å². The molecule has 0 unspecified atom stereocenters. The van der Waals surface area contributed by atoms with E-state index < -0.39 is 0 Å². The van der Waals surface area contributed by atoms with Gasteiger partial charge in [-0.15, -0.1) is 0 Å². The highest BCUT2D eigenvalue weighted by Crippen LogP contribution is 2.33. The maximum atomic E-state index is 13.8. The second-order valence-corrected chi connectivity index (χ2v) is 6.13. The van der Waals surface area contributed by atoms with Crippen LogP contribution in [0, 0.1) is 29.0 Å². The summed E-state index contributed by atoms with van der Waals surface area (Å²) >= 11 is 0. The fourth-order valence-corrected chi connectivity index (χ4v) is 3.40. The van der Waals surface area contributed by atoms with E-state index in [0.717, 1.165) is 30.2 Å². The number of nitriles is 1. The van der Waals surface area contributed by atoms with Gasteiger partial charge in [-0.05, 0) is 42.4 Å². The van der Waals surface area contributed by atoms with Crippen molar-refractivity contribution in [1.29, 1.82) is 5.26 Å². The Morgan fingerprint density at radius 2 is 1.80 bits per heavy atom. The van der Waals surface area contributed by atoms with Gasteiger partial charge in [0.2, 0.25) is 0 Å². The molecule has 0 amide bonds. The Balaban J connectivity index is 1.80. The van der Waals surface area contributed by atoms with Gasteiger partial charge in [-0.25, -0.2) is 4.39 Å². The van der Waals surface area contributed by atoms with Crippen molar-refractivity contribution in [3.8, 4) is 6.07 Å². The minimum Gasteiger partial charge on any atom is -0.207 e. The monoisotopic (exact) mass is 273 g/mol. The largest absolute Gasteiger partial charge is 0.207 e. The maximum Gasteiger partial charge on any atom is 0.127 e. The van der Waals surface area contributed by atoms with Gasteiger partial charge in [0.25, 0.3) is 0 Å². The predicted molar refractivity (Wildman–Crippen MR) is 79.8 cm³/mol. The van der Waals surface area contributed by atoms with Crippen molar-refractivity contribution >= 4 is 0 Å². The van der Waals surface area contributed by atoms with Gasteiger partial charge in [0.1, 0.15) is 5.82 Å². The first kappa shape index (κ1) is 15.0. The van der Waals surface area contributed by atoms with Crippen molar-refractivity contribution in [2.24, 2.45) is 11.8 Å². The molecule has 0 radical (unpaired) electrons. The summed E-state index contributed by atoms with van der Waals surface area (Å²) in [6, 6.07) is 6.83. The van der Waals surface area contributed by atoms with Gasteiger partial charge >= 0.3 is 0 Å². The van der Waals surface area contributed by atoms with E-state index in [1.165, 1.54) is 44.6 Å². The van der Waals surface area contributed by atoms with Crippen LogP contribution >= 0.6 is 0 Å². The molecule has 0 aliphatic heterocycles. The molecule has 0 atom stereocenters. The van der Waals surface area contributed by atoms with Gasteiger partial charge in [0.05, 0.1) is 11.6 Å². The van der Waals surface area contributed by atoms with E-state index in [2.05, 4.69) is 6.92 Å². The van der Waals surface area contributed by atoms with Crippen molar-refractivity contribution in [2.75, 3.05) is 0 Å². The summed E-state index contributed by atoms with van der Waals surface area (Å²) in [6.07, 6.45) is 9.89. The normalized spacial score (nSPS) is 22.4. The smallest absolute Gasteiger partial charge is 0.127 e. The van der Waals surface area contributed by atoms with Crippen LogP contribution in [-0.4, -0.2) is 0 Å². The van der Waals surface area contributed by atoms with Crippen molar-refractivity contribution in [3.05, 3.63) is 35.1 Å². The van der Waals surface area contributed by atoms with Crippen molar-refractivity contribution in [1.82, 2.24) is 0 Å². The number of hydrogen-bond donors (Lipinski definition) is 0. The number of nitrogens with zero attached hydrogens (tertiary/aromatic N) is 1. The number of rotatable bonds is 5. The zero-order valence-corrected chi connectivity index (χ0v) is 12.4. The number of hydrogen-bond acceptors (Lipinski definition) is 1. The molecule has 1 fully saturated rings. The van der Waals surface area contributed by atoms with Gasteiger partial charge in [-0.2, -0.15) is 5.26 Å². The zero-order valence-electron chi connectivity index (χ0n) is 12.4. The van der Waals surface area contributed by atoms with Crippen LogP contribution in [0.15, 0.2) is 18.2 Å². The Kier molecular flexibility index (Phi) is 5.59. The lowest BCUT2D eigenvalue weighted by molar-refractivity contribution is 0.252. The highest BCUT2D eigenvalue weighted by atomic mass is 19.1. The first-order chi connectivity index (χ1) is 9.72. The Hall–Kier alpha value is -1.36. The Labute approximate surface area is 121 Å².